The van der Waals surface area contributed by atoms with Crippen molar-refractivity contribution in [1.82, 2.24) is 5.32 Å². The molecule has 0 bridgehead atoms. The van der Waals surface area contributed by atoms with E-state index < -0.39 is 0 Å². The first-order chi connectivity index (χ1) is 8.83. The maximum Gasteiger partial charge on any atom is 0.0657 e. The molecule has 1 aliphatic rings. The van der Waals surface area contributed by atoms with Crippen molar-refractivity contribution in [3.05, 3.63) is 35.9 Å². The van der Waals surface area contributed by atoms with Gasteiger partial charge in [0, 0.05) is 18.4 Å². The van der Waals surface area contributed by atoms with Crippen LogP contribution >= 0.6 is 11.8 Å². The standard InChI is InChI=1S/C15H23NOS/c1-17-11-15(12-6-4-3-5-7-12)16-13-8-9-14(10-13)18-2/h3-7,13-16H,8-11H2,1-2H3. The first-order valence-corrected chi connectivity index (χ1v) is 7.95. The van der Waals surface area contributed by atoms with Crippen molar-refractivity contribution in [2.24, 2.45) is 0 Å². The largest absolute Gasteiger partial charge is 0.383 e. The number of nitrogens with one attached hydrogen (secondary N) is 1. The Labute approximate surface area is 114 Å². The SMILES string of the molecule is COCC(NC1CCC(SC)C1)c1ccccc1. The number of hydrogen-bond donors (Lipinski definition) is 1. The van der Waals surface area contributed by atoms with Gasteiger partial charge < -0.3 is 10.1 Å². The molecule has 100 valence electrons. The third kappa shape index (κ3) is 3.74. The molecule has 1 fully saturated rings. The number of thioether (sulfide) groups is 1. The summed E-state index contributed by atoms with van der Waals surface area (Å²) in [6.45, 7) is 0.741. The lowest BCUT2D eigenvalue weighted by Crippen LogP contribution is -2.33. The quantitative estimate of drug-likeness (QED) is 0.853. The Balaban J connectivity index is 1.95. The maximum absolute atomic E-state index is 5.35. The molecule has 1 saturated carbocycles. The van der Waals surface area contributed by atoms with Crippen molar-refractivity contribution >= 4 is 11.8 Å². The summed E-state index contributed by atoms with van der Waals surface area (Å²) in [7, 11) is 1.77. The summed E-state index contributed by atoms with van der Waals surface area (Å²) in [5, 5.41) is 4.59. The molecule has 1 aromatic carbocycles. The second-order valence-electron chi connectivity index (χ2n) is 4.95. The fraction of sp³-hybridized carbons (Fsp3) is 0.600. The van der Waals surface area contributed by atoms with Crippen molar-refractivity contribution in [2.45, 2.75) is 36.6 Å². The predicted molar refractivity (Wildman–Crippen MR) is 79.1 cm³/mol. The minimum atomic E-state index is 0.321. The molecular weight excluding hydrogens is 242 g/mol. The number of hydrogen-bond acceptors (Lipinski definition) is 3. The van der Waals surface area contributed by atoms with Crippen molar-refractivity contribution in [3.63, 3.8) is 0 Å². The van der Waals surface area contributed by atoms with E-state index in [0.29, 0.717) is 12.1 Å². The summed E-state index contributed by atoms with van der Waals surface area (Å²) in [5.41, 5.74) is 1.33. The van der Waals surface area contributed by atoms with E-state index in [1.165, 1.54) is 24.8 Å². The van der Waals surface area contributed by atoms with Crippen molar-refractivity contribution in [3.8, 4) is 0 Å². The average molecular weight is 265 g/mol. The highest BCUT2D eigenvalue weighted by Crippen LogP contribution is 2.29. The molecule has 1 aliphatic carbocycles. The lowest BCUT2D eigenvalue weighted by Gasteiger charge is -2.23. The molecule has 1 N–H and O–H groups in total. The van der Waals surface area contributed by atoms with Gasteiger partial charge in [-0.1, -0.05) is 30.3 Å². The van der Waals surface area contributed by atoms with Crippen molar-refractivity contribution < 1.29 is 4.74 Å². The van der Waals surface area contributed by atoms with Crippen LogP contribution in [0.5, 0.6) is 0 Å². The van der Waals surface area contributed by atoms with E-state index in [1.807, 2.05) is 11.8 Å². The van der Waals surface area contributed by atoms with Crippen LogP contribution in [0.2, 0.25) is 0 Å². The van der Waals surface area contributed by atoms with Gasteiger partial charge in [-0.15, -0.1) is 0 Å². The monoisotopic (exact) mass is 265 g/mol. The van der Waals surface area contributed by atoms with Gasteiger partial charge in [-0.2, -0.15) is 11.8 Å². The fourth-order valence-electron chi connectivity index (χ4n) is 2.68. The Morgan fingerprint density at radius 1 is 1.33 bits per heavy atom. The van der Waals surface area contributed by atoms with Crippen LogP contribution < -0.4 is 5.32 Å². The number of ether oxygens (including phenoxy) is 1. The lowest BCUT2D eigenvalue weighted by atomic mass is 10.1. The molecule has 2 nitrogen and oxygen atoms in total. The van der Waals surface area contributed by atoms with Gasteiger partial charge in [0.15, 0.2) is 0 Å². The number of rotatable bonds is 6. The summed E-state index contributed by atoms with van der Waals surface area (Å²) in [4.78, 5) is 0. The minimum Gasteiger partial charge on any atom is -0.383 e. The smallest absolute Gasteiger partial charge is 0.0657 e. The molecule has 1 aromatic rings. The Bertz CT molecular complexity index is 344. The van der Waals surface area contributed by atoms with Gasteiger partial charge in [-0.05, 0) is 31.1 Å². The normalized spacial score (nSPS) is 25.2. The van der Waals surface area contributed by atoms with Gasteiger partial charge in [0.25, 0.3) is 0 Å². The average Bonchev–Trinajstić information content (AvgIpc) is 2.87. The van der Waals surface area contributed by atoms with Crippen LogP contribution in [0.25, 0.3) is 0 Å². The molecule has 0 amide bonds. The zero-order valence-electron chi connectivity index (χ0n) is 11.3. The maximum atomic E-state index is 5.35. The third-order valence-electron chi connectivity index (χ3n) is 3.69. The summed E-state index contributed by atoms with van der Waals surface area (Å²) in [6.07, 6.45) is 6.14. The molecule has 0 aromatic heterocycles. The van der Waals surface area contributed by atoms with Crippen LogP contribution in [0.4, 0.5) is 0 Å². The van der Waals surface area contributed by atoms with E-state index >= 15 is 0 Å². The van der Waals surface area contributed by atoms with E-state index in [2.05, 4.69) is 41.9 Å². The molecule has 3 unspecified atom stereocenters. The molecule has 18 heavy (non-hydrogen) atoms. The van der Waals surface area contributed by atoms with E-state index in [9.17, 15) is 0 Å². The summed E-state index contributed by atoms with van der Waals surface area (Å²) >= 11 is 2.00. The van der Waals surface area contributed by atoms with Crippen LogP contribution in [-0.4, -0.2) is 31.3 Å². The van der Waals surface area contributed by atoms with Crippen LogP contribution in [0.3, 0.4) is 0 Å². The zero-order valence-corrected chi connectivity index (χ0v) is 12.1. The van der Waals surface area contributed by atoms with Gasteiger partial charge in [0.2, 0.25) is 0 Å². The fourth-order valence-corrected chi connectivity index (χ4v) is 3.48. The third-order valence-corrected chi connectivity index (χ3v) is 4.78. The molecule has 0 aliphatic heterocycles. The van der Waals surface area contributed by atoms with E-state index in [-0.39, 0.29) is 0 Å². The first kappa shape index (κ1) is 13.9. The number of benzene rings is 1. The Morgan fingerprint density at radius 2 is 2.11 bits per heavy atom. The summed E-state index contributed by atoms with van der Waals surface area (Å²) in [6, 6.07) is 11.6. The molecule has 0 spiro atoms. The molecule has 3 heteroatoms. The minimum absolute atomic E-state index is 0.321. The lowest BCUT2D eigenvalue weighted by molar-refractivity contribution is 0.161. The highest BCUT2D eigenvalue weighted by Gasteiger charge is 2.26. The molecule has 0 saturated heterocycles. The predicted octanol–water partition coefficient (Wildman–Crippen LogP) is 3.25. The van der Waals surface area contributed by atoms with Crippen LogP contribution in [0.15, 0.2) is 30.3 Å². The highest BCUT2D eigenvalue weighted by atomic mass is 32.2. The highest BCUT2D eigenvalue weighted by molar-refractivity contribution is 7.99. The Morgan fingerprint density at radius 3 is 2.72 bits per heavy atom. The topological polar surface area (TPSA) is 21.3 Å². The van der Waals surface area contributed by atoms with Gasteiger partial charge >= 0.3 is 0 Å². The molecule has 0 radical (unpaired) electrons. The van der Waals surface area contributed by atoms with Gasteiger partial charge in [0.1, 0.15) is 0 Å². The molecular formula is C15H23NOS. The second kappa shape index (κ2) is 7.17. The van der Waals surface area contributed by atoms with Crippen LogP contribution in [-0.2, 0) is 4.74 Å². The Kier molecular flexibility index (Phi) is 5.54. The summed E-state index contributed by atoms with van der Waals surface area (Å²) in [5.74, 6) is 0. The number of methoxy groups -OCH3 is 1. The van der Waals surface area contributed by atoms with Gasteiger partial charge in [-0.25, -0.2) is 0 Å². The van der Waals surface area contributed by atoms with Crippen molar-refractivity contribution in [1.29, 1.82) is 0 Å². The molecule has 2 rings (SSSR count). The Hall–Kier alpha value is -0.510. The van der Waals surface area contributed by atoms with Gasteiger partial charge in [0.05, 0.1) is 12.6 Å². The van der Waals surface area contributed by atoms with Crippen LogP contribution in [0, 0.1) is 0 Å². The van der Waals surface area contributed by atoms with Gasteiger partial charge in [-0.3, -0.25) is 0 Å². The van der Waals surface area contributed by atoms with E-state index in [1.54, 1.807) is 7.11 Å². The first-order valence-electron chi connectivity index (χ1n) is 6.66. The second-order valence-corrected chi connectivity index (χ2v) is 6.09. The van der Waals surface area contributed by atoms with Crippen molar-refractivity contribution in [2.75, 3.05) is 20.0 Å². The van der Waals surface area contributed by atoms with E-state index in [0.717, 1.165) is 11.9 Å². The van der Waals surface area contributed by atoms with E-state index in [4.69, 9.17) is 4.74 Å². The summed E-state index contributed by atoms with van der Waals surface area (Å²) < 4.78 is 5.35. The molecule has 3 atom stereocenters. The zero-order chi connectivity index (χ0) is 12.8. The molecule has 0 heterocycles. The van der Waals surface area contributed by atoms with Crippen LogP contribution in [0.1, 0.15) is 30.9 Å².